The lowest BCUT2D eigenvalue weighted by molar-refractivity contribution is -0.185. The number of carbonyl (C=O) groups excluding carboxylic acids is 2. The number of fused-ring (bicyclic) bond motifs is 1. The first kappa shape index (κ1) is 23.0. The van der Waals surface area contributed by atoms with Crippen molar-refractivity contribution in [2.75, 3.05) is 11.9 Å². The first-order valence-electron chi connectivity index (χ1n) is 9.92. The van der Waals surface area contributed by atoms with Crippen molar-refractivity contribution in [2.45, 2.75) is 33.1 Å². The highest BCUT2D eigenvalue weighted by Crippen LogP contribution is 2.21. The van der Waals surface area contributed by atoms with Crippen LogP contribution in [-0.2, 0) is 17.9 Å². The fourth-order valence-corrected chi connectivity index (χ4v) is 3.28. The molecule has 0 aliphatic heterocycles. The number of hydrogen-bond donors (Lipinski definition) is 1. The van der Waals surface area contributed by atoms with Gasteiger partial charge in [0.25, 0.3) is 11.5 Å². The van der Waals surface area contributed by atoms with E-state index < -0.39 is 18.0 Å². The highest BCUT2D eigenvalue weighted by molar-refractivity contribution is 6.11. The normalized spacial score (nSPS) is 11.4. The average molecular weight is 446 g/mol. The minimum absolute atomic E-state index is 0.0508. The Morgan fingerprint density at radius 2 is 1.75 bits per heavy atom. The SMILES string of the molecule is CCN(Cc1cccc(NC(=O)c2nn(CC)c(=O)c3ccccc23)c1)C(=O)C(F)(F)F. The quantitative estimate of drug-likeness (QED) is 0.627. The third-order valence-corrected chi connectivity index (χ3v) is 4.85. The first-order chi connectivity index (χ1) is 15.2. The highest BCUT2D eigenvalue weighted by Gasteiger charge is 2.41. The molecule has 0 spiro atoms. The molecular weight excluding hydrogens is 425 g/mol. The maximum absolute atomic E-state index is 12.9. The third kappa shape index (κ3) is 4.79. The lowest BCUT2D eigenvalue weighted by Crippen LogP contribution is -2.40. The van der Waals surface area contributed by atoms with Gasteiger partial charge in [0.05, 0.1) is 5.39 Å². The second kappa shape index (κ2) is 9.21. The summed E-state index contributed by atoms with van der Waals surface area (Å²) in [4.78, 5) is 37.6. The molecular formula is C22H21F3N4O3. The van der Waals surface area contributed by atoms with Crippen LogP contribution >= 0.6 is 0 Å². The molecule has 1 aromatic heterocycles. The van der Waals surface area contributed by atoms with E-state index in [2.05, 4.69) is 10.4 Å². The Balaban J connectivity index is 1.88. The van der Waals surface area contributed by atoms with E-state index in [1.54, 1.807) is 49.4 Å². The van der Waals surface area contributed by atoms with Crippen LogP contribution in [0, 0.1) is 0 Å². The number of anilines is 1. The smallest absolute Gasteiger partial charge is 0.331 e. The second-order valence-corrected chi connectivity index (χ2v) is 6.99. The number of nitrogens with zero attached hydrogens (tertiary/aromatic N) is 3. The predicted molar refractivity (Wildman–Crippen MR) is 113 cm³/mol. The van der Waals surface area contributed by atoms with E-state index in [-0.39, 0.29) is 30.9 Å². The largest absolute Gasteiger partial charge is 0.471 e. The van der Waals surface area contributed by atoms with Crippen LogP contribution in [0.5, 0.6) is 0 Å². The molecule has 10 heteroatoms. The molecule has 0 unspecified atom stereocenters. The van der Waals surface area contributed by atoms with E-state index in [0.717, 1.165) is 0 Å². The van der Waals surface area contributed by atoms with E-state index in [4.69, 9.17) is 0 Å². The molecule has 1 heterocycles. The third-order valence-electron chi connectivity index (χ3n) is 4.85. The van der Waals surface area contributed by atoms with Gasteiger partial charge >= 0.3 is 12.1 Å². The summed E-state index contributed by atoms with van der Waals surface area (Å²) in [5.41, 5.74) is 0.479. The number of halogens is 3. The highest BCUT2D eigenvalue weighted by atomic mass is 19.4. The zero-order valence-corrected chi connectivity index (χ0v) is 17.4. The summed E-state index contributed by atoms with van der Waals surface area (Å²) in [6.07, 6.45) is -4.96. The van der Waals surface area contributed by atoms with Crippen LogP contribution in [0.1, 0.15) is 29.9 Å². The number of rotatable bonds is 6. The molecule has 3 aromatic rings. The minimum atomic E-state index is -4.96. The van der Waals surface area contributed by atoms with Gasteiger partial charge in [-0.3, -0.25) is 14.4 Å². The Kier molecular flexibility index (Phi) is 6.61. The fourth-order valence-electron chi connectivity index (χ4n) is 3.28. The zero-order valence-electron chi connectivity index (χ0n) is 17.4. The Bertz CT molecular complexity index is 1220. The maximum atomic E-state index is 12.9. The number of aromatic nitrogens is 2. The summed E-state index contributed by atoms with van der Waals surface area (Å²) in [7, 11) is 0. The molecule has 1 N–H and O–H groups in total. The summed E-state index contributed by atoms with van der Waals surface area (Å²) in [6, 6.07) is 12.8. The molecule has 2 amide bonds. The summed E-state index contributed by atoms with van der Waals surface area (Å²) in [5, 5.41) is 7.58. The molecule has 0 bridgehead atoms. The van der Waals surface area contributed by atoms with Crippen molar-refractivity contribution in [3.8, 4) is 0 Å². The molecule has 0 aliphatic rings. The number of nitrogens with one attached hydrogen (secondary N) is 1. The standard InChI is InChI=1S/C22H21F3N4O3/c1-3-28(21(32)22(23,24)25)13-14-8-7-9-15(12-14)26-19(30)18-16-10-5-6-11-17(16)20(31)29(4-2)27-18/h5-12H,3-4,13H2,1-2H3,(H,26,30). The van der Waals surface area contributed by atoms with Gasteiger partial charge in [-0.2, -0.15) is 18.3 Å². The Hall–Kier alpha value is -3.69. The van der Waals surface area contributed by atoms with E-state index >= 15 is 0 Å². The van der Waals surface area contributed by atoms with Gasteiger partial charge in [-0.25, -0.2) is 4.68 Å². The van der Waals surface area contributed by atoms with Crippen LogP contribution in [0.15, 0.2) is 53.3 Å². The molecule has 0 fully saturated rings. The minimum Gasteiger partial charge on any atom is -0.331 e. The second-order valence-electron chi connectivity index (χ2n) is 6.99. The fraction of sp³-hybridized carbons (Fsp3) is 0.273. The summed E-state index contributed by atoms with van der Waals surface area (Å²) in [5.74, 6) is -2.49. The van der Waals surface area contributed by atoms with Crippen LogP contribution in [0.25, 0.3) is 10.8 Å². The Morgan fingerprint density at radius 3 is 2.38 bits per heavy atom. The van der Waals surface area contributed by atoms with Gasteiger partial charge in [0.1, 0.15) is 0 Å². The van der Waals surface area contributed by atoms with Gasteiger partial charge in [0.2, 0.25) is 0 Å². The maximum Gasteiger partial charge on any atom is 0.471 e. The molecule has 0 aliphatic carbocycles. The van der Waals surface area contributed by atoms with Gasteiger partial charge in [-0.15, -0.1) is 0 Å². The zero-order chi connectivity index (χ0) is 23.5. The molecule has 0 radical (unpaired) electrons. The number of aryl methyl sites for hydroxylation is 1. The van der Waals surface area contributed by atoms with Crippen molar-refractivity contribution in [1.29, 1.82) is 0 Å². The monoisotopic (exact) mass is 446 g/mol. The Morgan fingerprint density at radius 1 is 1.06 bits per heavy atom. The summed E-state index contributed by atoms with van der Waals surface area (Å²) < 4.78 is 39.5. The predicted octanol–water partition coefficient (Wildman–Crippen LogP) is 3.58. The molecule has 32 heavy (non-hydrogen) atoms. The van der Waals surface area contributed by atoms with Crippen molar-refractivity contribution in [1.82, 2.24) is 14.7 Å². The van der Waals surface area contributed by atoms with Gasteiger partial charge in [0.15, 0.2) is 5.69 Å². The summed E-state index contributed by atoms with van der Waals surface area (Å²) in [6.45, 7) is 3.08. The van der Waals surface area contributed by atoms with Gasteiger partial charge in [-0.1, -0.05) is 30.3 Å². The van der Waals surface area contributed by atoms with Gasteiger partial charge < -0.3 is 10.2 Å². The van der Waals surface area contributed by atoms with Gasteiger partial charge in [-0.05, 0) is 37.6 Å². The molecule has 168 valence electrons. The number of alkyl halides is 3. The van der Waals surface area contributed by atoms with Crippen LogP contribution in [0.2, 0.25) is 0 Å². The van der Waals surface area contributed by atoms with E-state index in [1.165, 1.54) is 17.7 Å². The lowest BCUT2D eigenvalue weighted by Gasteiger charge is -2.22. The topological polar surface area (TPSA) is 84.3 Å². The van der Waals surface area contributed by atoms with Crippen molar-refractivity contribution in [3.05, 3.63) is 70.1 Å². The molecule has 3 rings (SSSR count). The molecule has 2 aromatic carbocycles. The first-order valence-corrected chi connectivity index (χ1v) is 9.92. The van der Waals surface area contributed by atoms with Crippen molar-refractivity contribution in [3.63, 3.8) is 0 Å². The number of benzene rings is 2. The molecule has 0 atom stereocenters. The number of carbonyl (C=O) groups is 2. The van der Waals surface area contributed by atoms with Crippen molar-refractivity contribution >= 4 is 28.3 Å². The number of amides is 2. The van der Waals surface area contributed by atoms with E-state index in [1.807, 2.05) is 0 Å². The average Bonchev–Trinajstić information content (AvgIpc) is 2.77. The number of hydrogen-bond acceptors (Lipinski definition) is 4. The molecule has 0 saturated carbocycles. The lowest BCUT2D eigenvalue weighted by atomic mass is 10.1. The molecule has 7 nitrogen and oxygen atoms in total. The van der Waals surface area contributed by atoms with Crippen molar-refractivity contribution in [2.24, 2.45) is 0 Å². The van der Waals surface area contributed by atoms with E-state index in [9.17, 15) is 27.6 Å². The van der Waals surface area contributed by atoms with E-state index in [0.29, 0.717) is 26.9 Å². The Labute approximate surface area is 181 Å². The summed E-state index contributed by atoms with van der Waals surface area (Å²) >= 11 is 0. The van der Waals surface area contributed by atoms with Crippen LogP contribution in [-0.4, -0.2) is 39.2 Å². The van der Waals surface area contributed by atoms with Crippen molar-refractivity contribution < 1.29 is 22.8 Å². The molecule has 0 saturated heterocycles. The van der Waals surface area contributed by atoms with Crippen LogP contribution in [0.3, 0.4) is 0 Å². The van der Waals surface area contributed by atoms with Crippen LogP contribution in [0.4, 0.5) is 18.9 Å². The van der Waals surface area contributed by atoms with Gasteiger partial charge in [0, 0.05) is 30.7 Å². The van der Waals surface area contributed by atoms with Crippen LogP contribution < -0.4 is 10.9 Å².